The number of hydrogen-bond donors (Lipinski definition) is 1. The van der Waals surface area contributed by atoms with Crippen LogP contribution in [0.25, 0.3) is 11.1 Å². The third kappa shape index (κ3) is 2.14. The SMILES string of the molecule is O=C(O)c1cccc2c1-c1ccccc1CCCC2. The van der Waals surface area contributed by atoms with Gasteiger partial charge in [0.15, 0.2) is 0 Å². The van der Waals surface area contributed by atoms with Crippen molar-refractivity contribution in [3.63, 3.8) is 0 Å². The maximum absolute atomic E-state index is 11.5. The van der Waals surface area contributed by atoms with E-state index >= 15 is 0 Å². The van der Waals surface area contributed by atoms with E-state index in [2.05, 4.69) is 12.1 Å². The molecular formula is C17H16O2. The smallest absolute Gasteiger partial charge is 0.336 e. The van der Waals surface area contributed by atoms with Gasteiger partial charge in [0.05, 0.1) is 5.56 Å². The van der Waals surface area contributed by atoms with Crippen LogP contribution in [0.1, 0.15) is 34.3 Å². The van der Waals surface area contributed by atoms with Crippen LogP contribution in [0.2, 0.25) is 0 Å². The Morgan fingerprint density at radius 3 is 2.37 bits per heavy atom. The second kappa shape index (κ2) is 4.88. The molecule has 1 aliphatic carbocycles. The molecule has 19 heavy (non-hydrogen) atoms. The van der Waals surface area contributed by atoms with E-state index in [4.69, 9.17) is 0 Å². The molecular weight excluding hydrogens is 236 g/mol. The van der Waals surface area contributed by atoms with Gasteiger partial charge >= 0.3 is 5.97 Å². The molecule has 2 nitrogen and oxygen atoms in total. The second-order valence-electron chi connectivity index (χ2n) is 5.01. The fourth-order valence-corrected chi connectivity index (χ4v) is 2.92. The minimum Gasteiger partial charge on any atom is -0.478 e. The largest absolute Gasteiger partial charge is 0.478 e. The lowest BCUT2D eigenvalue weighted by Gasteiger charge is -2.19. The van der Waals surface area contributed by atoms with Crippen LogP contribution in [0.15, 0.2) is 42.5 Å². The molecule has 0 saturated heterocycles. The molecule has 1 aliphatic rings. The maximum Gasteiger partial charge on any atom is 0.336 e. The second-order valence-corrected chi connectivity index (χ2v) is 5.01. The Morgan fingerprint density at radius 1 is 0.895 bits per heavy atom. The molecule has 3 rings (SSSR count). The van der Waals surface area contributed by atoms with Crippen LogP contribution in [0, 0.1) is 0 Å². The van der Waals surface area contributed by atoms with Gasteiger partial charge in [-0.05, 0) is 54.0 Å². The van der Waals surface area contributed by atoms with Crippen molar-refractivity contribution in [1.29, 1.82) is 0 Å². The number of carboxylic acid groups (broad SMARTS) is 1. The number of aryl methyl sites for hydroxylation is 2. The summed E-state index contributed by atoms with van der Waals surface area (Å²) < 4.78 is 0. The van der Waals surface area contributed by atoms with Gasteiger partial charge in [-0.1, -0.05) is 36.4 Å². The first-order valence-electron chi connectivity index (χ1n) is 6.71. The topological polar surface area (TPSA) is 37.3 Å². The molecule has 0 radical (unpaired) electrons. The molecule has 0 spiro atoms. The van der Waals surface area contributed by atoms with Gasteiger partial charge in [0.1, 0.15) is 0 Å². The van der Waals surface area contributed by atoms with Crippen molar-refractivity contribution < 1.29 is 9.90 Å². The van der Waals surface area contributed by atoms with E-state index in [1.54, 1.807) is 6.07 Å². The van der Waals surface area contributed by atoms with Crippen LogP contribution in [-0.4, -0.2) is 11.1 Å². The standard InChI is InChI=1S/C17H16O2/c18-17(19)15-11-5-9-13-8-2-1-6-12-7-3-4-10-14(12)16(13)15/h3-5,7,9-11H,1-2,6,8H2,(H,18,19). The van der Waals surface area contributed by atoms with E-state index in [9.17, 15) is 9.90 Å². The summed E-state index contributed by atoms with van der Waals surface area (Å²) in [5.74, 6) is -0.841. The zero-order chi connectivity index (χ0) is 13.2. The van der Waals surface area contributed by atoms with Crippen LogP contribution >= 0.6 is 0 Å². The van der Waals surface area contributed by atoms with Crippen LogP contribution in [0.3, 0.4) is 0 Å². The van der Waals surface area contributed by atoms with Gasteiger partial charge in [0.25, 0.3) is 0 Å². The van der Waals surface area contributed by atoms with Crippen molar-refractivity contribution in [2.24, 2.45) is 0 Å². The van der Waals surface area contributed by atoms with Crippen LogP contribution in [-0.2, 0) is 12.8 Å². The molecule has 0 amide bonds. The average molecular weight is 252 g/mol. The monoisotopic (exact) mass is 252 g/mol. The molecule has 0 aromatic heterocycles. The number of carboxylic acids is 1. The highest BCUT2D eigenvalue weighted by Gasteiger charge is 2.19. The summed E-state index contributed by atoms with van der Waals surface area (Å²) in [5.41, 5.74) is 4.86. The molecule has 0 bridgehead atoms. The summed E-state index contributed by atoms with van der Waals surface area (Å²) in [4.78, 5) is 11.5. The summed E-state index contributed by atoms with van der Waals surface area (Å²) >= 11 is 0. The van der Waals surface area contributed by atoms with E-state index in [1.807, 2.05) is 24.3 Å². The third-order valence-corrected chi connectivity index (χ3v) is 3.81. The summed E-state index contributed by atoms with van der Waals surface area (Å²) in [7, 11) is 0. The fraction of sp³-hybridized carbons (Fsp3) is 0.235. The highest BCUT2D eigenvalue weighted by molar-refractivity contribution is 5.97. The van der Waals surface area contributed by atoms with Crippen molar-refractivity contribution >= 4 is 5.97 Å². The predicted octanol–water partition coefficient (Wildman–Crippen LogP) is 3.93. The third-order valence-electron chi connectivity index (χ3n) is 3.81. The predicted molar refractivity (Wildman–Crippen MR) is 75.5 cm³/mol. The summed E-state index contributed by atoms with van der Waals surface area (Å²) in [6, 6.07) is 13.8. The maximum atomic E-state index is 11.5. The molecule has 2 aromatic carbocycles. The molecule has 2 aromatic rings. The molecule has 0 aliphatic heterocycles. The minimum atomic E-state index is -0.841. The molecule has 96 valence electrons. The Balaban J connectivity index is 2.31. The van der Waals surface area contributed by atoms with E-state index < -0.39 is 5.97 Å². The van der Waals surface area contributed by atoms with Crippen molar-refractivity contribution in [3.8, 4) is 11.1 Å². The highest BCUT2D eigenvalue weighted by Crippen LogP contribution is 2.34. The Morgan fingerprint density at radius 2 is 1.58 bits per heavy atom. The molecule has 2 heteroatoms. The summed E-state index contributed by atoms with van der Waals surface area (Å²) in [6.07, 6.45) is 4.27. The van der Waals surface area contributed by atoms with E-state index in [0.717, 1.165) is 42.4 Å². The van der Waals surface area contributed by atoms with Gasteiger partial charge < -0.3 is 5.11 Å². The Hall–Kier alpha value is -2.09. The van der Waals surface area contributed by atoms with Crippen LogP contribution < -0.4 is 0 Å². The van der Waals surface area contributed by atoms with E-state index in [0.29, 0.717) is 5.56 Å². The first-order chi connectivity index (χ1) is 9.27. The van der Waals surface area contributed by atoms with Gasteiger partial charge in [-0.2, -0.15) is 0 Å². The molecule has 0 atom stereocenters. The van der Waals surface area contributed by atoms with Gasteiger partial charge in [-0.3, -0.25) is 0 Å². The van der Waals surface area contributed by atoms with Crippen molar-refractivity contribution in [2.75, 3.05) is 0 Å². The lowest BCUT2D eigenvalue weighted by molar-refractivity contribution is 0.0697. The van der Waals surface area contributed by atoms with Crippen molar-refractivity contribution in [2.45, 2.75) is 25.7 Å². The molecule has 0 saturated carbocycles. The number of aromatic carboxylic acids is 1. The van der Waals surface area contributed by atoms with Crippen molar-refractivity contribution in [3.05, 3.63) is 59.2 Å². The fourth-order valence-electron chi connectivity index (χ4n) is 2.92. The highest BCUT2D eigenvalue weighted by atomic mass is 16.4. The zero-order valence-electron chi connectivity index (χ0n) is 10.7. The Bertz CT molecular complexity index is 629. The molecule has 0 heterocycles. The van der Waals surface area contributed by atoms with Gasteiger partial charge in [0.2, 0.25) is 0 Å². The summed E-state index contributed by atoms with van der Waals surface area (Å²) in [5, 5.41) is 9.43. The molecule has 0 unspecified atom stereocenters. The Kier molecular flexibility index (Phi) is 3.08. The van der Waals surface area contributed by atoms with Crippen LogP contribution in [0.4, 0.5) is 0 Å². The van der Waals surface area contributed by atoms with Crippen molar-refractivity contribution in [1.82, 2.24) is 0 Å². The lowest BCUT2D eigenvalue weighted by atomic mass is 9.85. The quantitative estimate of drug-likeness (QED) is 0.835. The van der Waals surface area contributed by atoms with Gasteiger partial charge in [-0.15, -0.1) is 0 Å². The summed E-state index contributed by atoms with van der Waals surface area (Å²) in [6.45, 7) is 0. The Labute approximate surface area is 112 Å². The minimum absolute atomic E-state index is 0.423. The number of rotatable bonds is 1. The first-order valence-corrected chi connectivity index (χ1v) is 6.71. The number of fused-ring (bicyclic) bond motifs is 3. The van der Waals surface area contributed by atoms with E-state index in [1.165, 1.54) is 5.56 Å². The average Bonchev–Trinajstić information content (AvgIpc) is 2.41. The number of hydrogen-bond acceptors (Lipinski definition) is 1. The number of benzene rings is 2. The van der Waals surface area contributed by atoms with E-state index in [-0.39, 0.29) is 0 Å². The van der Waals surface area contributed by atoms with Gasteiger partial charge in [-0.25, -0.2) is 4.79 Å². The lowest BCUT2D eigenvalue weighted by Crippen LogP contribution is -2.06. The zero-order valence-corrected chi connectivity index (χ0v) is 10.7. The molecule has 1 N–H and O–H groups in total. The first kappa shape index (κ1) is 12.0. The number of carbonyl (C=O) groups is 1. The van der Waals surface area contributed by atoms with Gasteiger partial charge in [0, 0.05) is 0 Å². The van der Waals surface area contributed by atoms with Crippen LogP contribution in [0.5, 0.6) is 0 Å². The normalized spacial score (nSPS) is 13.9. The molecule has 0 fully saturated rings.